The van der Waals surface area contributed by atoms with E-state index in [9.17, 15) is 17.6 Å². The molecule has 2 aromatic carbocycles. The minimum Gasteiger partial charge on any atom is -0.382 e. The van der Waals surface area contributed by atoms with Gasteiger partial charge in [0, 0.05) is 62.3 Å². The van der Waals surface area contributed by atoms with Gasteiger partial charge in [-0.25, -0.2) is 22.3 Å². The number of fused-ring (bicyclic) bond motifs is 1. The molecule has 0 spiro atoms. The first-order valence-corrected chi connectivity index (χ1v) is 17.9. The maximum absolute atomic E-state index is 13.6. The van der Waals surface area contributed by atoms with Crippen LogP contribution in [0.25, 0.3) is 28.0 Å². The Balaban J connectivity index is 1.19. The summed E-state index contributed by atoms with van der Waals surface area (Å²) in [5.41, 5.74) is 11.4. The number of hydrogen-bond donors (Lipinski definition) is 1. The zero-order valence-electron chi connectivity index (χ0n) is 26.2. The lowest BCUT2D eigenvalue weighted by Gasteiger charge is -2.57. The van der Waals surface area contributed by atoms with Crippen LogP contribution in [0.1, 0.15) is 34.8 Å². The number of nitrogen functional groups attached to an aromatic ring is 1. The molecule has 5 aromatic rings. The van der Waals surface area contributed by atoms with E-state index in [1.807, 2.05) is 33.5 Å². The number of nitrogens with zero attached hydrogens (tertiary/aromatic N) is 7. The number of carbonyl (C=O) groups excluding carboxylic acids is 1. The van der Waals surface area contributed by atoms with Crippen LogP contribution in [0, 0.1) is 5.82 Å². The molecule has 3 fully saturated rings. The number of nitrogens with two attached hydrogens (primary N) is 1. The summed E-state index contributed by atoms with van der Waals surface area (Å²) in [7, 11) is -3.13. The van der Waals surface area contributed by atoms with Crippen LogP contribution in [0.2, 0.25) is 0 Å². The van der Waals surface area contributed by atoms with Crippen LogP contribution in [-0.2, 0) is 20.1 Å². The predicted octanol–water partition coefficient (Wildman–Crippen LogP) is 3.41. The summed E-state index contributed by atoms with van der Waals surface area (Å²) in [5.74, 6) is -0.130. The van der Waals surface area contributed by atoms with Gasteiger partial charge in [0.2, 0.25) is 0 Å². The molecule has 0 atom stereocenters. The molecule has 0 bridgehead atoms. The highest BCUT2D eigenvalue weighted by molar-refractivity contribution is 7.91. The highest BCUT2D eigenvalue weighted by atomic mass is 32.2. The van der Waals surface area contributed by atoms with E-state index in [0.717, 1.165) is 40.9 Å². The fraction of sp³-hybridized carbons (Fsp3) is 0.353. The number of ether oxygens (including phenoxy) is 1. The van der Waals surface area contributed by atoms with E-state index in [1.54, 1.807) is 11.1 Å². The lowest BCUT2D eigenvalue weighted by Crippen LogP contribution is -2.70. The molecule has 0 saturated carbocycles. The third-order valence-electron chi connectivity index (χ3n) is 9.99. The molecule has 1 amide bonds. The minimum atomic E-state index is -3.13. The zero-order valence-corrected chi connectivity index (χ0v) is 27.0. The van der Waals surface area contributed by atoms with Gasteiger partial charge in [-0.1, -0.05) is 18.2 Å². The number of sulfone groups is 1. The van der Waals surface area contributed by atoms with E-state index >= 15 is 0 Å². The van der Waals surface area contributed by atoms with Gasteiger partial charge in [-0.15, -0.1) is 0 Å². The normalized spacial score (nSPS) is 19.7. The molecule has 2 N–H and O–H groups in total. The Labute approximate surface area is 276 Å². The summed E-state index contributed by atoms with van der Waals surface area (Å²) in [6.45, 7) is 2.83. The summed E-state index contributed by atoms with van der Waals surface area (Å²) in [6.07, 6.45) is 4.96. The van der Waals surface area contributed by atoms with Crippen molar-refractivity contribution < 1.29 is 22.3 Å². The van der Waals surface area contributed by atoms with Gasteiger partial charge in [-0.05, 0) is 60.9 Å². The van der Waals surface area contributed by atoms with Gasteiger partial charge in [0.1, 0.15) is 17.7 Å². The van der Waals surface area contributed by atoms with E-state index in [-0.39, 0.29) is 23.5 Å². The summed E-state index contributed by atoms with van der Waals surface area (Å²) in [5, 5.41) is 9.30. The molecule has 248 valence electrons. The lowest BCUT2D eigenvalue weighted by atomic mass is 9.79. The molecule has 12 nitrogen and oxygen atoms in total. The Hall–Kier alpha value is -4.66. The maximum Gasteiger partial charge on any atom is 0.254 e. The first-order valence-electron chi connectivity index (χ1n) is 16.1. The topological polar surface area (TPSA) is 141 Å². The van der Waals surface area contributed by atoms with Crippen LogP contribution < -0.4 is 5.73 Å². The van der Waals surface area contributed by atoms with Crippen molar-refractivity contribution in [3.63, 3.8) is 0 Å². The second-order valence-electron chi connectivity index (χ2n) is 12.8. The standard InChI is InChI=1S/C34H35FN8O4S/c35-26-6-4-23(5-7-26)33(44)40-20-34(21-40,41-12-16-48(45,46)17-13-41)25-3-1-2-24(18-25)30-19-28(31-32(36)37-22-39-43(30)31)29-8-11-38-42(29)27-9-14-47-15-10-27/h1-8,11,18-19,22,27H,9-10,12-17,20-21H2,(H2,36,37,39). The highest BCUT2D eigenvalue weighted by Gasteiger charge is 2.52. The van der Waals surface area contributed by atoms with Crippen molar-refractivity contribution in [2.45, 2.75) is 24.4 Å². The third-order valence-corrected chi connectivity index (χ3v) is 11.6. The van der Waals surface area contributed by atoms with Gasteiger partial charge in [0.15, 0.2) is 15.7 Å². The van der Waals surface area contributed by atoms with E-state index in [2.05, 4.69) is 32.2 Å². The zero-order chi connectivity index (χ0) is 33.0. The Bertz CT molecular complexity index is 2100. The van der Waals surface area contributed by atoms with Crippen LogP contribution in [0.15, 0.2) is 73.2 Å². The monoisotopic (exact) mass is 670 g/mol. The molecule has 6 heterocycles. The number of anilines is 1. The van der Waals surface area contributed by atoms with Gasteiger partial charge in [-0.3, -0.25) is 14.4 Å². The molecule has 3 aliphatic rings. The molecule has 48 heavy (non-hydrogen) atoms. The van der Waals surface area contributed by atoms with Gasteiger partial charge in [-0.2, -0.15) is 10.2 Å². The number of amides is 1. The molecule has 14 heteroatoms. The fourth-order valence-electron chi connectivity index (χ4n) is 7.39. The molecule has 0 radical (unpaired) electrons. The predicted molar refractivity (Wildman–Crippen MR) is 177 cm³/mol. The molecular weight excluding hydrogens is 635 g/mol. The Morgan fingerprint density at radius 3 is 2.46 bits per heavy atom. The molecule has 3 aromatic heterocycles. The molecule has 3 aliphatic heterocycles. The maximum atomic E-state index is 13.6. The molecular formula is C34H35FN8O4S. The van der Waals surface area contributed by atoms with Crippen molar-refractivity contribution in [1.82, 2.24) is 34.2 Å². The highest BCUT2D eigenvalue weighted by Crippen LogP contribution is 2.42. The van der Waals surface area contributed by atoms with E-state index in [1.165, 1.54) is 30.6 Å². The van der Waals surface area contributed by atoms with E-state index < -0.39 is 21.2 Å². The molecule has 0 unspecified atom stereocenters. The van der Waals surface area contributed by atoms with E-state index in [4.69, 9.17) is 10.5 Å². The summed E-state index contributed by atoms with van der Waals surface area (Å²) < 4.78 is 47.8. The van der Waals surface area contributed by atoms with Crippen LogP contribution in [-0.4, -0.2) is 99.4 Å². The second-order valence-corrected chi connectivity index (χ2v) is 15.1. The third kappa shape index (κ3) is 5.24. The number of carbonyl (C=O) groups is 1. The summed E-state index contributed by atoms with van der Waals surface area (Å²) in [6, 6.07) is 17.9. The lowest BCUT2D eigenvalue weighted by molar-refractivity contribution is -0.0418. The van der Waals surface area contributed by atoms with Crippen molar-refractivity contribution in [2.75, 3.05) is 56.6 Å². The van der Waals surface area contributed by atoms with Crippen LogP contribution in [0.5, 0.6) is 0 Å². The summed E-state index contributed by atoms with van der Waals surface area (Å²) in [4.78, 5) is 21.7. The Morgan fingerprint density at radius 2 is 1.71 bits per heavy atom. The van der Waals surface area contributed by atoms with Gasteiger partial charge in [0.05, 0.1) is 34.5 Å². The van der Waals surface area contributed by atoms with Crippen LogP contribution in [0.3, 0.4) is 0 Å². The second kappa shape index (κ2) is 11.8. The van der Waals surface area contributed by atoms with Gasteiger partial charge >= 0.3 is 0 Å². The average molecular weight is 671 g/mol. The Kier molecular flexibility index (Phi) is 7.53. The minimum absolute atomic E-state index is 0.0596. The number of aromatic nitrogens is 5. The van der Waals surface area contributed by atoms with Crippen molar-refractivity contribution in [3.8, 4) is 22.5 Å². The average Bonchev–Trinajstić information content (AvgIpc) is 3.72. The Morgan fingerprint density at radius 1 is 0.958 bits per heavy atom. The van der Waals surface area contributed by atoms with Gasteiger partial charge < -0.3 is 15.4 Å². The number of halogens is 1. The first-order chi connectivity index (χ1) is 23.2. The SMILES string of the molecule is Nc1ncnn2c(-c3cccc(C4(N5CCS(=O)(=O)CC5)CN(C(=O)c5ccc(F)cc5)C4)c3)cc(-c3ccnn3C3CCOCC3)c12. The molecule has 0 aliphatic carbocycles. The number of hydrogen-bond acceptors (Lipinski definition) is 9. The summed E-state index contributed by atoms with van der Waals surface area (Å²) >= 11 is 0. The number of rotatable bonds is 6. The molecule has 8 rings (SSSR count). The first kappa shape index (κ1) is 30.7. The number of benzene rings is 2. The largest absolute Gasteiger partial charge is 0.382 e. The van der Waals surface area contributed by atoms with E-state index in [0.29, 0.717) is 56.3 Å². The molecule has 3 saturated heterocycles. The number of likely N-dealkylation sites (tertiary alicyclic amines) is 1. The van der Waals surface area contributed by atoms with Crippen LogP contribution in [0.4, 0.5) is 10.2 Å². The van der Waals surface area contributed by atoms with Crippen molar-refractivity contribution in [2.24, 2.45) is 0 Å². The van der Waals surface area contributed by atoms with Gasteiger partial charge in [0.25, 0.3) is 5.91 Å². The van der Waals surface area contributed by atoms with Crippen molar-refractivity contribution >= 4 is 27.1 Å². The van der Waals surface area contributed by atoms with Crippen molar-refractivity contribution in [1.29, 1.82) is 0 Å². The van der Waals surface area contributed by atoms with Crippen molar-refractivity contribution in [3.05, 3.63) is 90.1 Å². The van der Waals surface area contributed by atoms with Crippen LogP contribution >= 0.6 is 0 Å². The smallest absolute Gasteiger partial charge is 0.254 e. The fourth-order valence-corrected chi connectivity index (χ4v) is 8.60. The quantitative estimate of drug-likeness (QED) is 0.288.